The van der Waals surface area contributed by atoms with E-state index in [4.69, 9.17) is 0 Å². The predicted octanol–water partition coefficient (Wildman–Crippen LogP) is 22.8. The zero-order chi connectivity index (χ0) is 96.8. The van der Waals surface area contributed by atoms with Crippen LogP contribution in [0.25, 0.3) is 89.2 Å². The van der Waals surface area contributed by atoms with Gasteiger partial charge in [0, 0.05) is 160 Å². The summed E-state index contributed by atoms with van der Waals surface area (Å²) in [7, 11) is 5.31. The second kappa shape index (κ2) is 42.2. The van der Waals surface area contributed by atoms with Crippen molar-refractivity contribution in [3.05, 3.63) is 208 Å². The number of nitrogens with one attached hydrogen (secondary N) is 4. The average Bonchev–Trinajstić information content (AvgIpc) is 1.70. The molecule has 4 aliphatic carbocycles. The summed E-state index contributed by atoms with van der Waals surface area (Å²) in [6, 6.07) is 7.34. The summed E-state index contributed by atoms with van der Waals surface area (Å²) in [5.41, 5.74) is -0.702. The summed E-state index contributed by atoms with van der Waals surface area (Å²) in [4.78, 5) is 103. The maximum atomic E-state index is 14.9. The third-order valence-corrected chi connectivity index (χ3v) is 27.5. The van der Waals surface area contributed by atoms with Crippen molar-refractivity contribution in [3.63, 3.8) is 0 Å². The number of pyridine rings is 8. The lowest BCUT2D eigenvalue weighted by Crippen LogP contribution is -2.31. The number of fused-ring (bicyclic) bond motifs is 4. The molecule has 15 heterocycles. The van der Waals surface area contributed by atoms with Gasteiger partial charge in [-0.2, -0.15) is 26.3 Å². The molecule has 0 spiro atoms. The van der Waals surface area contributed by atoms with Crippen LogP contribution in [-0.4, -0.2) is 148 Å². The number of H-pyrrole nitrogens is 4. The Morgan fingerprint density at radius 1 is 0.365 bits per heavy atom. The number of likely N-dealkylation sites (tertiary alicyclic amines) is 2. The minimum Gasteiger partial charge on any atom is -0.349 e. The summed E-state index contributed by atoms with van der Waals surface area (Å²) >= 11 is 0. The Morgan fingerprint density at radius 2 is 0.657 bits per heavy atom. The second-order valence-electron chi connectivity index (χ2n) is 37.7. The second-order valence-corrected chi connectivity index (χ2v) is 37.7. The minimum absolute atomic E-state index is 0.0137. The summed E-state index contributed by atoms with van der Waals surface area (Å²) < 4.78 is 228. The summed E-state index contributed by atoms with van der Waals surface area (Å²) in [6.45, 7) is 3.19. The molecule has 4 saturated carbocycles. The van der Waals surface area contributed by atoms with Gasteiger partial charge in [-0.05, 0) is 186 Å². The third-order valence-electron chi connectivity index (χ3n) is 27.5. The highest BCUT2D eigenvalue weighted by Crippen LogP contribution is 2.46. The fraction of sp³-hybridized carbons (Fsp3) is 0.450. The topological polar surface area (TPSA) is 262 Å². The van der Waals surface area contributed by atoms with Crippen LogP contribution in [0.3, 0.4) is 0 Å². The van der Waals surface area contributed by atoms with Gasteiger partial charge in [0.15, 0.2) is 17.4 Å². The largest absolute Gasteiger partial charge is 0.418 e. The zero-order valence-electron chi connectivity index (χ0n) is 75.6. The van der Waals surface area contributed by atoms with Crippen LogP contribution in [0.4, 0.5) is 70.2 Å². The van der Waals surface area contributed by atoms with E-state index in [0.29, 0.717) is 102 Å². The SMILES string of the molecule is CN(C)C(=O)C[C@@H]1CCC[C@H](Cc2nc(-c3c[nH]c4ncc(F)cc34)c(F)cc2F)C1.Cn1cnc(C(=O)C[C@@H]2CCC[C@H](Cc3nc(-c4c[nH]c5ncc(F)cc45)c(F)cc3F)C2)c1.O=C(C[C@@H]1CCC[C@H](Cc2nc(-c3c[nH]c4ncc(F)cc34)c(C(F)(F)F)cc2F)C1)N1CCCC1.O=C(C[C@H]1CCC[C@@H](Cc2nc(-c3c[nH]c4ncc(F)cc34)c(C(F)(F)F)cc2F)C1)N1CCCC1. The Balaban J connectivity index is 0.000000132. The highest BCUT2D eigenvalue weighted by atomic mass is 19.4. The van der Waals surface area contributed by atoms with Crippen LogP contribution in [-0.2, 0) is 59.5 Å². The molecular weight excluding hydrogens is 1810 g/mol. The van der Waals surface area contributed by atoms with Gasteiger partial charge in [-0.15, -0.1) is 0 Å². The molecule has 19 rings (SSSR count). The fourth-order valence-electron chi connectivity index (χ4n) is 20.8. The van der Waals surface area contributed by atoms with E-state index in [1.165, 1.54) is 36.9 Å². The Morgan fingerprint density at radius 3 is 0.964 bits per heavy atom. The number of amides is 3. The number of Topliss-reactive ketones (excluding diaryl/α,β-unsaturated/α-hetero) is 1. The number of aromatic amines is 4. The molecule has 0 radical (unpaired) electrons. The van der Waals surface area contributed by atoms with Crippen LogP contribution >= 0.6 is 0 Å². The van der Waals surface area contributed by atoms with Crippen molar-refractivity contribution in [1.82, 2.24) is 84.1 Å². The molecule has 3 amide bonds. The van der Waals surface area contributed by atoms with E-state index < -0.39 is 93.0 Å². The number of hydrogen-bond acceptors (Lipinski definition) is 13. The summed E-state index contributed by atoms with van der Waals surface area (Å²) in [5.74, 6) is -5.93. The monoisotopic (exact) mass is 1910 g/mol. The molecule has 8 atom stereocenters. The van der Waals surface area contributed by atoms with Gasteiger partial charge in [-0.1, -0.05) is 51.4 Å². The van der Waals surface area contributed by atoms with E-state index in [2.05, 4.69) is 64.8 Å². The van der Waals surface area contributed by atoms with Gasteiger partial charge in [0.2, 0.25) is 17.7 Å². The Labute approximate surface area is 777 Å². The quantitative estimate of drug-likeness (QED) is 0.0386. The molecule has 0 bridgehead atoms. The van der Waals surface area contributed by atoms with E-state index in [0.717, 1.165) is 191 Å². The van der Waals surface area contributed by atoms with Crippen LogP contribution in [0.1, 0.15) is 198 Å². The molecule has 21 nitrogen and oxygen atoms in total. The van der Waals surface area contributed by atoms with Crippen molar-refractivity contribution in [3.8, 4) is 45.0 Å². The number of hydrogen-bond donors (Lipinski definition) is 4. The van der Waals surface area contributed by atoms with Gasteiger partial charge in [-0.25, -0.2) is 88.8 Å². The number of ketones is 1. The van der Waals surface area contributed by atoms with Gasteiger partial charge >= 0.3 is 12.4 Å². The average molecular weight is 1910 g/mol. The first-order chi connectivity index (χ1) is 65.6. The van der Waals surface area contributed by atoms with Crippen molar-refractivity contribution in [2.75, 3.05) is 40.3 Å². The molecule has 0 unspecified atom stereocenters. The van der Waals surface area contributed by atoms with E-state index in [9.17, 15) is 89.4 Å². The molecule has 137 heavy (non-hydrogen) atoms. The van der Waals surface area contributed by atoms with E-state index >= 15 is 0 Å². The number of carbonyl (C=O) groups is 4. The zero-order valence-corrected chi connectivity index (χ0v) is 75.6. The first-order valence-corrected chi connectivity index (χ1v) is 46.6. The van der Waals surface area contributed by atoms with Gasteiger partial charge < -0.3 is 39.2 Å². The van der Waals surface area contributed by atoms with Crippen molar-refractivity contribution in [2.24, 2.45) is 54.4 Å². The number of aryl methyl sites for hydroxylation is 1. The van der Waals surface area contributed by atoms with Crippen LogP contribution < -0.4 is 0 Å². The Bertz CT molecular complexity index is 6360. The number of rotatable bonds is 21. The molecule has 13 aromatic rings. The number of aromatic nitrogens is 14. The molecular formula is C100H103F16N17O4. The van der Waals surface area contributed by atoms with Crippen LogP contribution in [0.2, 0.25) is 0 Å². The molecule has 0 aromatic carbocycles. The smallest absolute Gasteiger partial charge is 0.349 e. The van der Waals surface area contributed by atoms with E-state index in [-0.39, 0.29) is 151 Å². The standard InChI is InChI=1S/2C26H27F5N4O.C25H24F3N5O.C23H25F3N4O/c2*27-17-11-18-19(14-33-25(18)32-13-17)24-20(26(29,30)31)12-21(28)22(34-24)9-15-4-3-5-16(8-15)10-23(36)35-6-1-2-7-35;1-33-12-22(31-13-33)23(34)7-15-4-2-3-14(5-15)6-21-19(27)9-20(28)24(32-21)18-11-30-25-17(18)8-16(26)10-29-25;1-30(2)21(31)8-14-5-3-4-13(6-14)7-20-18(25)10-19(26)22(29-20)17-12-28-23-16(17)9-15(24)11-27-23/h2*11-16H,1-10H2,(H,32,33);8-15H,2-7H2,1H3,(H,29,30);9-14H,3-8H2,1-2H3,(H,27,28)/t2*15-,16+;14-,15+;13-,14+/m1000/s1. The number of halogens is 16. The van der Waals surface area contributed by atoms with Gasteiger partial charge in [0.25, 0.3) is 0 Å². The van der Waals surface area contributed by atoms with Crippen LogP contribution in [0, 0.1) is 106 Å². The van der Waals surface area contributed by atoms with Gasteiger partial charge in [0.1, 0.15) is 86.2 Å². The van der Waals surface area contributed by atoms with E-state index in [1.807, 2.05) is 16.8 Å². The maximum absolute atomic E-state index is 14.9. The fourth-order valence-corrected chi connectivity index (χ4v) is 20.8. The first kappa shape index (κ1) is 97.6. The lowest BCUT2D eigenvalue weighted by molar-refractivity contribution is -0.138. The van der Waals surface area contributed by atoms with Gasteiger partial charge in [-0.3, -0.25) is 19.2 Å². The van der Waals surface area contributed by atoms with Crippen molar-refractivity contribution < 1.29 is 89.4 Å². The number of alkyl halides is 6. The molecule has 37 heteroatoms. The number of carbonyl (C=O) groups excluding carboxylic acids is 4. The van der Waals surface area contributed by atoms with Crippen LogP contribution in [0.5, 0.6) is 0 Å². The molecule has 4 N–H and O–H groups in total. The van der Waals surface area contributed by atoms with Gasteiger partial charge in [0.05, 0.1) is 76.4 Å². The maximum Gasteiger partial charge on any atom is 0.418 e. The molecule has 2 saturated heterocycles. The number of imidazole rings is 1. The predicted molar refractivity (Wildman–Crippen MR) is 480 cm³/mol. The van der Waals surface area contributed by atoms with Crippen LogP contribution in [0.15, 0.2) is 111 Å². The Kier molecular flexibility index (Phi) is 30.1. The minimum atomic E-state index is -4.85. The summed E-state index contributed by atoms with van der Waals surface area (Å²) in [6.07, 6.45) is 24.1. The highest BCUT2D eigenvalue weighted by Gasteiger charge is 2.41. The molecule has 724 valence electrons. The Hall–Kier alpha value is -12.5. The molecule has 6 aliphatic rings. The molecule has 2 aliphatic heterocycles. The lowest BCUT2D eigenvalue weighted by Gasteiger charge is -2.30. The summed E-state index contributed by atoms with van der Waals surface area (Å²) in [5, 5.41) is 1.06. The normalized spacial score (nSPS) is 19.8. The lowest BCUT2D eigenvalue weighted by atomic mass is 9.77. The number of nitrogens with zero attached hydrogens (tertiary/aromatic N) is 13. The van der Waals surface area contributed by atoms with Crippen molar-refractivity contribution in [2.45, 2.75) is 192 Å². The molecule has 13 aromatic heterocycles. The van der Waals surface area contributed by atoms with Crippen molar-refractivity contribution >= 4 is 67.6 Å². The first-order valence-electron chi connectivity index (χ1n) is 46.6. The highest BCUT2D eigenvalue weighted by molar-refractivity contribution is 5.97. The molecule has 6 fully saturated rings. The van der Waals surface area contributed by atoms with Crippen molar-refractivity contribution in [1.29, 1.82) is 0 Å². The van der Waals surface area contributed by atoms with E-state index in [1.54, 1.807) is 36.1 Å². The third kappa shape index (κ3) is 23.5.